The normalized spacial score (nSPS) is 10.0. The first-order valence-electron chi connectivity index (χ1n) is 4.44. The van der Waals surface area contributed by atoms with E-state index in [0.717, 1.165) is 10.6 Å². The minimum absolute atomic E-state index is 0.327. The molecule has 1 rings (SSSR count). The number of nitrogens with zero attached hydrogens (tertiary/aromatic N) is 1. The maximum atomic E-state index is 11.1. The van der Waals surface area contributed by atoms with Crippen molar-refractivity contribution in [3.05, 3.63) is 24.0 Å². The molecule has 82 valence electrons. The number of ether oxygens (including phenoxy) is 2. The Morgan fingerprint density at radius 3 is 2.80 bits per heavy atom. The third-order valence-electron chi connectivity index (χ3n) is 1.69. The summed E-state index contributed by atoms with van der Waals surface area (Å²) in [6, 6.07) is 3.50. The van der Waals surface area contributed by atoms with E-state index >= 15 is 0 Å². The Labute approximate surface area is 93.0 Å². The largest absolute Gasteiger partial charge is 0.464 e. The minimum atomic E-state index is -0.413. The average Bonchev–Trinajstić information content (AvgIpc) is 2.29. The van der Waals surface area contributed by atoms with E-state index in [2.05, 4.69) is 9.72 Å². The summed E-state index contributed by atoms with van der Waals surface area (Å²) in [5.74, 6) is 0.457. The summed E-state index contributed by atoms with van der Waals surface area (Å²) in [6.07, 6.45) is 1.66. The van der Waals surface area contributed by atoms with Gasteiger partial charge in [-0.3, -0.25) is 0 Å². The fourth-order valence-corrected chi connectivity index (χ4v) is 1.71. The van der Waals surface area contributed by atoms with Crippen molar-refractivity contribution in [2.75, 3.05) is 26.6 Å². The van der Waals surface area contributed by atoms with Crippen LogP contribution >= 0.6 is 11.8 Å². The maximum Gasteiger partial charge on any atom is 0.356 e. The smallest absolute Gasteiger partial charge is 0.356 e. The molecular formula is C10H13NO3S. The van der Waals surface area contributed by atoms with Gasteiger partial charge in [-0.1, -0.05) is 0 Å². The van der Waals surface area contributed by atoms with Gasteiger partial charge in [0.25, 0.3) is 0 Å². The number of esters is 1. The molecule has 1 aromatic rings. The van der Waals surface area contributed by atoms with Gasteiger partial charge in [0.2, 0.25) is 0 Å². The molecule has 1 heterocycles. The quantitative estimate of drug-likeness (QED) is 0.434. The summed E-state index contributed by atoms with van der Waals surface area (Å²) in [5.41, 5.74) is 0.327. The van der Waals surface area contributed by atoms with Crippen LogP contribution < -0.4 is 0 Å². The number of methoxy groups -OCH3 is 2. The molecule has 0 saturated carbocycles. The van der Waals surface area contributed by atoms with Crippen LogP contribution in [-0.4, -0.2) is 37.5 Å². The molecule has 0 aliphatic rings. The molecule has 5 heteroatoms. The molecular weight excluding hydrogens is 214 g/mol. The molecule has 1 aromatic heterocycles. The van der Waals surface area contributed by atoms with Crippen LogP contribution in [0.25, 0.3) is 0 Å². The van der Waals surface area contributed by atoms with E-state index in [4.69, 9.17) is 4.74 Å². The minimum Gasteiger partial charge on any atom is -0.464 e. The van der Waals surface area contributed by atoms with Gasteiger partial charge in [-0.15, -0.1) is 11.8 Å². The summed E-state index contributed by atoms with van der Waals surface area (Å²) in [4.78, 5) is 16.1. The average molecular weight is 227 g/mol. The van der Waals surface area contributed by atoms with Gasteiger partial charge in [0.05, 0.1) is 13.7 Å². The van der Waals surface area contributed by atoms with Crippen molar-refractivity contribution in [2.45, 2.75) is 4.90 Å². The van der Waals surface area contributed by atoms with Gasteiger partial charge in [0.1, 0.15) is 5.69 Å². The van der Waals surface area contributed by atoms with Crippen molar-refractivity contribution in [2.24, 2.45) is 0 Å². The van der Waals surface area contributed by atoms with E-state index in [9.17, 15) is 4.79 Å². The third kappa shape index (κ3) is 3.89. The molecule has 4 nitrogen and oxygen atoms in total. The van der Waals surface area contributed by atoms with Crippen molar-refractivity contribution < 1.29 is 14.3 Å². The summed E-state index contributed by atoms with van der Waals surface area (Å²) < 4.78 is 9.47. The van der Waals surface area contributed by atoms with Gasteiger partial charge in [-0.2, -0.15) is 0 Å². The molecule has 0 spiro atoms. The summed E-state index contributed by atoms with van der Waals surface area (Å²) >= 11 is 1.63. The Hall–Kier alpha value is -1.07. The van der Waals surface area contributed by atoms with Gasteiger partial charge >= 0.3 is 5.97 Å². The number of hydrogen-bond donors (Lipinski definition) is 0. The number of pyridine rings is 1. The molecule has 0 aliphatic heterocycles. The van der Waals surface area contributed by atoms with Gasteiger partial charge in [0.15, 0.2) is 0 Å². The molecule has 0 aliphatic carbocycles. The number of aromatic nitrogens is 1. The van der Waals surface area contributed by atoms with Crippen molar-refractivity contribution in [3.63, 3.8) is 0 Å². The predicted octanol–water partition coefficient (Wildman–Crippen LogP) is 1.61. The first kappa shape index (κ1) is 12.0. The molecule has 0 unspecified atom stereocenters. The van der Waals surface area contributed by atoms with Crippen LogP contribution in [0.3, 0.4) is 0 Å². The number of hydrogen-bond acceptors (Lipinski definition) is 5. The molecule has 15 heavy (non-hydrogen) atoms. The summed E-state index contributed by atoms with van der Waals surface area (Å²) in [6.45, 7) is 0.698. The van der Waals surface area contributed by atoms with Crippen LogP contribution in [0.4, 0.5) is 0 Å². The molecule has 0 fully saturated rings. The Bertz CT molecular complexity index is 313. The first-order valence-corrected chi connectivity index (χ1v) is 5.42. The Morgan fingerprint density at radius 2 is 2.27 bits per heavy atom. The van der Waals surface area contributed by atoms with Gasteiger partial charge in [0, 0.05) is 24.0 Å². The van der Waals surface area contributed by atoms with Crippen LogP contribution in [-0.2, 0) is 9.47 Å². The lowest BCUT2D eigenvalue weighted by molar-refractivity contribution is 0.0594. The molecule has 0 amide bonds. The highest BCUT2D eigenvalue weighted by Gasteiger charge is 2.05. The van der Waals surface area contributed by atoms with E-state index in [-0.39, 0.29) is 0 Å². The van der Waals surface area contributed by atoms with E-state index in [1.54, 1.807) is 31.1 Å². The van der Waals surface area contributed by atoms with Crippen molar-refractivity contribution >= 4 is 17.7 Å². The zero-order valence-electron chi connectivity index (χ0n) is 8.73. The van der Waals surface area contributed by atoms with Crippen molar-refractivity contribution in [1.82, 2.24) is 4.98 Å². The topological polar surface area (TPSA) is 48.4 Å². The predicted molar refractivity (Wildman–Crippen MR) is 58.2 cm³/mol. The molecule has 0 radical (unpaired) electrons. The second-order valence-electron chi connectivity index (χ2n) is 2.71. The Morgan fingerprint density at radius 1 is 1.47 bits per heavy atom. The van der Waals surface area contributed by atoms with Crippen LogP contribution in [0.2, 0.25) is 0 Å². The Balaban J connectivity index is 2.52. The molecule has 0 N–H and O–H groups in total. The van der Waals surface area contributed by atoms with E-state index in [0.29, 0.717) is 12.3 Å². The second-order valence-corrected chi connectivity index (χ2v) is 3.88. The monoisotopic (exact) mass is 227 g/mol. The highest BCUT2D eigenvalue weighted by Crippen LogP contribution is 2.16. The lowest BCUT2D eigenvalue weighted by atomic mass is 10.3. The van der Waals surface area contributed by atoms with E-state index in [1.165, 1.54) is 7.11 Å². The molecule has 0 atom stereocenters. The summed E-state index contributed by atoms with van der Waals surface area (Å²) in [7, 11) is 3.00. The van der Waals surface area contributed by atoms with E-state index in [1.807, 2.05) is 6.07 Å². The molecule has 0 saturated heterocycles. The highest BCUT2D eigenvalue weighted by molar-refractivity contribution is 7.99. The lowest BCUT2D eigenvalue weighted by Gasteiger charge is -2.01. The fourth-order valence-electron chi connectivity index (χ4n) is 0.934. The Kier molecular flexibility index (Phi) is 5.14. The number of carbonyl (C=O) groups excluding carboxylic acids is 1. The second kappa shape index (κ2) is 6.42. The van der Waals surface area contributed by atoms with Gasteiger partial charge < -0.3 is 9.47 Å². The zero-order chi connectivity index (χ0) is 11.1. The maximum absolute atomic E-state index is 11.1. The van der Waals surface area contributed by atoms with Crippen LogP contribution in [0.5, 0.6) is 0 Å². The standard InChI is InChI=1S/C10H13NO3S/c1-13-5-6-15-8-3-4-9(11-7-8)10(12)14-2/h3-4,7H,5-6H2,1-2H3. The summed E-state index contributed by atoms with van der Waals surface area (Å²) in [5, 5.41) is 0. The molecule has 0 aromatic carbocycles. The first-order chi connectivity index (χ1) is 7.27. The van der Waals surface area contributed by atoms with Crippen molar-refractivity contribution in [3.8, 4) is 0 Å². The zero-order valence-corrected chi connectivity index (χ0v) is 9.54. The van der Waals surface area contributed by atoms with Crippen LogP contribution in [0.15, 0.2) is 23.2 Å². The number of thioether (sulfide) groups is 1. The highest BCUT2D eigenvalue weighted by atomic mass is 32.2. The SMILES string of the molecule is COCCSc1ccc(C(=O)OC)nc1. The van der Waals surface area contributed by atoms with Crippen LogP contribution in [0.1, 0.15) is 10.5 Å². The van der Waals surface area contributed by atoms with Gasteiger partial charge in [-0.05, 0) is 12.1 Å². The number of carbonyl (C=O) groups is 1. The number of rotatable bonds is 5. The van der Waals surface area contributed by atoms with Crippen LogP contribution in [0, 0.1) is 0 Å². The van der Waals surface area contributed by atoms with E-state index < -0.39 is 5.97 Å². The molecule has 0 bridgehead atoms. The van der Waals surface area contributed by atoms with Gasteiger partial charge in [-0.25, -0.2) is 9.78 Å². The fraction of sp³-hybridized carbons (Fsp3) is 0.400. The van der Waals surface area contributed by atoms with Crippen molar-refractivity contribution in [1.29, 1.82) is 0 Å². The lowest BCUT2D eigenvalue weighted by Crippen LogP contribution is -2.03. The third-order valence-corrected chi connectivity index (χ3v) is 2.63.